The molecule has 2 aromatic rings. The SMILES string of the molecule is POC(Oc1ccccc1)Oc1ccccc1. The van der Waals surface area contributed by atoms with Crippen LogP contribution >= 0.6 is 9.47 Å². The molecule has 0 bridgehead atoms. The first kappa shape index (κ1) is 11.9. The molecule has 0 aliphatic rings. The van der Waals surface area contributed by atoms with Crippen molar-refractivity contribution in [2.45, 2.75) is 6.48 Å². The highest BCUT2D eigenvalue weighted by molar-refractivity contribution is 7.09. The molecule has 2 rings (SSSR count). The molecular formula is C13H13O3P. The van der Waals surface area contributed by atoms with Gasteiger partial charge in [-0.1, -0.05) is 36.4 Å². The van der Waals surface area contributed by atoms with E-state index in [0.717, 1.165) is 0 Å². The van der Waals surface area contributed by atoms with E-state index in [1.54, 1.807) is 0 Å². The van der Waals surface area contributed by atoms with Crippen LogP contribution in [0.25, 0.3) is 0 Å². The molecule has 0 heterocycles. The Hall–Kier alpha value is -1.57. The van der Waals surface area contributed by atoms with Crippen molar-refractivity contribution in [3.8, 4) is 11.5 Å². The van der Waals surface area contributed by atoms with Gasteiger partial charge in [0.15, 0.2) is 0 Å². The summed E-state index contributed by atoms with van der Waals surface area (Å²) in [6.07, 6.45) is 0. The van der Waals surface area contributed by atoms with Gasteiger partial charge < -0.3 is 9.47 Å². The zero-order chi connectivity index (χ0) is 11.9. The van der Waals surface area contributed by atoms with Gasteiger partial charge >= 0.3 is 6.48 Å². The van der Waals surface area contributed by atoms with Gasteiger partial charge in [-0.15, -0.1) is 0 Å². The molecule has 0 N–H and O–H groups in total. The van der Waals surface area contributed by atoms with Crippen molar-refractivity contribution in [2.24, 2.45) is 0 Å². The lowest BCUT2D eigenvalue weighted by molar-refractivity contribution is -0.131. The molecule has 0 aromatic heterocycles. The average Bonchev–Trinajstić information content (AvgIpc) is 2.40. The molecule has 2 aromatic carbocycles. The minimum absolute atomic E-state index is 0.691. The smallest absolute Gasteiger partial charge is 0.363 e. The summed E-state index contributed by atoms with van der Waals surface area (Å²) in [4.78, 5) is 0. The van der Waals surface area contributed by atoms with Crippen molar-refractivity contribution in [3.63, 3.8) is 0 Å². The van der Waals surface area contributed by atoms with Crippen LogP contribution in [0.15, 0.2) is 60.7 Å². The Morgan fingerprint density at radius 2 is 1.12 bits per heavy atom. The largest absolute Gasteiger partial charge is 0.432 e. The number of hydrogen-bond acceptors (Lipinski definition) is 3. The zero-order valence-corrected chi connectivity index (χ0v) is 10.3. The molecule has 0 saturated carbocycles. The molecule has 1 unspecified atom stereocenters. The maximum atomic E-state index is 5.50. The third kappa shape index (κ3) is 3.74. The fraction of sp³-hybridized carbons (Fsp3) is 0.0769. The summed E-state index contributed by atoms with van der Waals surface area (Å²) < 4.78 is 16.0. The highest BCUT2D eigenvalue weighted by atomic mass is 31.0. The second-order valence-corrected chi connectivity index (χ2v) is 3.56. The highest BCUT2D eigenvalue weighted by Crippen LogP contribution is 2.17. The predicted molar refractivity (Wildman–Crippen MR) is 68.7 cm³/mol. The van der Waals surface area contributed by atoms with Crippen LogP contribution in [0.4, 0.5) is 0 Å². The van der Waals surface area contributed by atoms with Crippen molar-refractivity contribution in [1.82, 2.24) is 0 Å². The standard InChI is InChI=1S/C13H13O3P/c17-16-13(14-11-7-3-1-4-8-11)15-12-9-5-2-6-10-12/h1-10,13H,17H2. The van der Waals surface area contributed by atoms with Crippen LogP contribution in [0.2, 0.25) is 0 Å². The molecule has 1 atom stereocenters. The molecule has 0 saturated heterocycles. The molecule has 0 aliphatic carbocycles. The van der Waals surface area contributed by atoms with E-state index in [9.17, 15) is 0 Å². The van der Waals surface area contributed by atoms with Crippen LogP contribution in [-0.4, -0.2) is 6.48 Å². The van der Waals surface area contributed by atoms with E-state index in [1.807, 2.05) is 60.7 Å². The molecule has 0 amide bonds. The van der Waals surface area contributed by atoms with Crippen molar-refractivity contribution in [2.75, 3.05) is 0 Å². The maximum absolute atomic E-state index is 5.50. The van der Waals surface area contributed by atoms with E-state index in [0.29, 0.717) is 11.5 Å². The van der Waals surface area contributed by atoms with E-state index in [-0.39, 0.29) is 0 Å². The van der Waals surface area contributed by atoms with Crippen LogP contribution in [0.5, 0.6) is 11.5 Å². The van der Waals surface area contributed by atoms with Crippen LogP contribution in [0, 0.1) is 0 Å². The quantitative estimate of drug-likeness (QED) is 0.600. The van der Waals surface area contributed by atoms with Gasteiger partial charge in [0, 0.05) is 9.47 Å². The van der Waals surface area contributed by atoms with E-state index >= 15 is 0 Å². The van der Waals surface area contributed by atoms with Gasteiger partial charge in [0.25, 0.3) is 0 Å². The van der Waals surface area contributed by atoms with Gasteiger partial charge in [0.1, 0.15) is 11.5 Å². The van der Waals surface area contributed by atoms with Crippen LogP contribution in [0.1, 0.15) is 0 Å². The first-order valence-electron chi connectivity index (χ1n) is 5.17. The normalized spacial score (nSPS) is 10.2. The van der Waals surface area contributed by atoms with E-state index in [2.05, 4.69) is 9.47 Å². The Bertz CT molecular complexity index is 391. The summed E-state index contributed by atoms with van der Waals surface area (Å²) in [5.41, 5.74) is 0. The molecule has 3 nitrogen and oxygen atoms in total. The first-order chi connectivity index (χ1) is 8.38. The van der Waals surface area contributed by atoms with Gasteiger partial charge in [-0.2, -0.15) is 0 Å². The fourth-order valence-corrected chi connectivity index (χ4v) is 1.41. The first-order valence-corrected chi connectivity index (χ1v) is 5.64. The topological polar surface area (TPSA) is 27.7 Å². The van der Waals surface area contributed by atoms with Gasteiger partial charge in [-0.3, -0.25) is 4.52 Å². The third-order valence-corrected chi connectivity index (χ3v) is 2.28. The van der Waals surface area contributed by atoms with Crippen molar-refractivity contribution >= 4 is 9.47 Å². The highest BCUT2D eigenvalue weighted by Gasteiger charge is 2.10. The Kier molecular flexibility index (Phi) is 4.37. The molecule has 0 radical (unpaired) electrons. The second kappa shape index (κ2) is 6.24. The van der Waals surface area contributed by atoms with Gasteiger partial charge in [-0.25, -0.2) is 0 Å². The molecule has 0 fully saturated rings. The lowest BCUT2D eigenvalue weighted by Crippen LogP contribution is -2.23. The summed E-state index contributed by atoms with van der Waals surface area (Å²) in [7, 11) is 2.13. The van der Waals surface area contributed by atoms with Crippen LogP contribution < -0.4 is 9.47 Å². The Balaban J connectivity index is 1.98. The fourth-order valence-electron chi connectivity index (χ4n) is 1.30. The Labute approximate surface area is 103 Å². The second-order valence-electron chi connectivity index (χ2n) is 3.29. The summed E-state index contributed by atoms with van der Waals surface area (Å²) in [6.45, 7) is -0.787. The minimum atomic E-state index is -0.787. The molecule has 0 spiro atoms. The number of ether oxygens (including phenoxy) is 2. The Morgan fingerprint density at radius 1 is 0.706 bits per heavy atom. The summed E-state index contributed by atoms with van der Waals surface area (Å²) >= 11 is 0. The predicted octanol–water partition coefficient (Wildman–Crippen LogP) is 3.23. The van der Waals surface area contributed by atoms with E-state index < -0.39 is 6.48 Å². The van der Waals surface area contributed by atoms with Gasteiger partial charge in [0.05, 0.1) is 0 Å². The molecular weight excluding hydrogens is 235 g/mol. The van der Waals surface area contributed by atoms with Crippen molar-refractivity contribution < 1.29 is 14.0 Å². The number of para-hydroxylation sites is 2. The molecule has 4 heteroatoms. The van der Waals surface area contributed by atoms with Crippen LogP contribution in [0.3, 0.4) is 0 Å². The van der Waals surface area contributed by atoms with Crippen molar-refractivity contribution in [3.05, 3.63) is 60.7 Å². The summed E-state index contributed by atoms with van der Waals surface area (Å²) in [5.74, 6) is 1.38. The minimum Gasteiger partial charge on any atom is -0.432 e. The number of hydrogen-bond donors (Lipinski definition) is 0. The number of rotatable bonds is 5. The third-order valence-electron chi connectivity index (χ3n) is 2.06. The Morgan fingerprint density at radius 3 is 1.47 bits per heavy atom. The molecule has 17 heavy (non-hydrogen) atoms. The average molecular weight is 248 g/mol. The zero-order valence-electron chi connectivity index (χ0n) is 9.15. The van der Waals surface area contributed by atoms with Crippen LogP contribution in [-0.2, 0) is 4.52 Å². The lowest BCUT2D eigenvalue weighted by Gasteiger charge is -2.18. The monoisotopic (exact) mass is 248 g/mol. The van der Waals surface area contributed by atoms with Gasteiger partial charge in [-0.05, 0) is 24.3 Å². The molecule has 88 valence electrons. The maximum Gasteiger partial charge on any atom is 0.363 e. The van der Waals surface area contributed by atoms with Crippen molar-refractivity contribution in [1.29, 1.82) is 0 Å². The lowest BCUT2D eigenvalue weighted by atomic mass is 10.3. The number of benzene rings is 2. The molecule has 0 aliphatic heterocycles. The van der Waals surface area contributed by atoms with E-state index in [4.69, 9.17) is 14.0 Å². The van der Waals surface area contributed by atoms with E-state index in [1.165, 1.54) is 0 Å². The summed E-state index contributed by atoms with van der Waals surface area (Å²) in [6, 6.07) is 18.7. The summed E-state index contributed by atoms with van der Waals surface area (Å²) in [5, 5.41) is 0. The van der Waals surface area contributed by atoms with Gasteiger partial charge in [0.2, 0.25) is 0 Å².